The van der Waals surface area contributed by atoms with Gasteiger partial charge in [0.05, 0.1) is 16.2 Å². The molecule has 0 aliphatic rings. The van der Waals surface area contributed by atoms with E-state index >= 15 is 0 Å². The number of benzene rings is 1. The summed E-state index contributed by atoms with van der Waals surface area (Å²) >= 11 is 0. The molecule has 1 N–H and O–H groups in total. The van der Waals surface area contributed by atoms with E-state index in [2.05, 4.69) is 10.2 Å². The topological polar surface area (TPSA) is 98.1 Å². The zero-order valence-corrected chi connectivity index (χ0v) is 11.7. The van der Waals surface area contributed by atoms with Crippen molar-refractivity contribution in [2.24, 2.45) is 0 Å². The number of hydrogen-bond donors (Lipinski definition) is 1. The molecule has 2 aromatic rings. The molecule has 0 fully saturated rings. The van der Waals surface area contributed by atoms with Crippen molar-refractivity contribution in [1.82, 2.24) is 10.2 Å². The summed E-state index contributed by atoms with van der Waals surface area (Å²) in [6, 6.07) is 6.25. The third-order valence-corrected chi connectivity index (χ3v) is 3.37. The molecule has 1 aromatic heterocycles. The average Bonchev–Trinajstić information content (AvgIpc) is 2.78. The molecule has 0 bridgehead atoms. The number of aryl methyl sites for hydroxylation is 2. The molecule has 7 nitrogen and oxygen atoms in total. The third kappa shape index (κ3) is 3.07. The van der Waals surface area contributed by atoms with Crippen molar-refractivity contribution < 1.29 is 14.5 Å². The monoisotopic (exact) mass is 289 g/mol. The minimum Gasteiger partial charge on any atom is -0.459 e. The predicted octanol–water partition coefficient (Wildman–Crippen LogP) is 2.39. The van der Waals surface area contributed by atoms with Crippen LogP contribution in [-0.4, -0.2) is 21.6 Å². The van der Waals surface area contributed by atoms with Crippen LogP contribution in [0, 0.1) is 24.0 Å². The maximum absolute atomic E-state index is 11.1. The Bertz CT molecular complexity index is 646. The van der Waals surface area contributed by atoms with Crippen molar-refractivity contribution in [2.75, 3.05) is 0 Å². The molecule has 21 heavy (non-hydrogen) atoms. The lowest BCUT2D eigenvalue weighted by Crippen LogP contribution is -2.10. The molecule has 7 heteroatoms. The molecule has 1 heterocycles. The summed E-state index contributed by atoms with van der Waals surface area (Å²) < 4.78 is 5.08. The molecular weight excluding hydrogens is 274 g/mol. The fourth-order valence-electron chi connectivity index (χ4n) is 2.28. The molecule has 0 aliphatic carbocycles. The van der Waals surface area contributed by atoms with Gasteiger partial charge in [-0.25, -0.2) is 0 Å². The molecule has 0 saturated heterocycles. The largest absolute Gasteiger partial charge is 0.459 e. The summed E-state index contributed by atoms with van der Waals surface area (Å²) in [7, 11) is 0. The maximum Gasteiger partial charge on any atom is 0.293 e. The van der Waals surface area contributed by atoms with E-state index in [1.165, 1.54) is 6.07 Å². The number of aromatic amines is 1. The Labute approximate surface area is 121 Å². The number of H-pyrrole nitrogens is 1. The molecule has 1 atom stereocenters. The fraction of sp³-hybridized carbons (Fsp3) is 0.286. The van der Waals surface area contributed by atoms with Gasteiger partial charge < -0.3 is 4.74 Å². The van der Waals surface area contributed by atoms with Gasteiger partial charge in [0.1, 0.15) is 6.10 Å². The van der Waals surface area contributed by atoms with Crippen molar-refractivity contribution in [3.8, 4) is 0 Å². The molecule has 1 unspecified atom stereocenters. The number of nitro benzene ring substituents is 1. The van der Waals surface area contributed by atoms with E-state index in [9.17, 15) is 14.9 Å². The summed E-state index contributed by atoms with van der Waals surface area (Å²) in [6.07, 6.45) is -0.392. The minimum absolute atomic E-state index is 0.0665. The maximum atomic E-state index is 11.1. The van der Waals surface area contributed by atoms with Gasteiger partial charge in [0, 0.05) is 18.2 Å². The number of para-hydroxylation sites is 1. The second kappa shape index (κ2) is 6.17. The van der Waals surface area contributed by atoms with E-state index in [0.717, 1.165) is 17.0 Å². The minimum atomic E-state index is -0.723. The Kier molecular flexibility index (Phi) is 4.32. The van der Waals surface area contributed by atoms with Crippen LogP contribution in [0.15, 0.2) is 24.3 Å². The van der Waals surface area contributed by atoms with Crippen LogP contribution in [0.2, 0.25) is 0 Å². The summed E-state index contributed by atoms with van der Waals surface area (Å²) in [5, 5.41) is 18.0. The zero-order chi connectivity index (χ0) is 15.4. The first-order valence-corrected chi connectivity index (χ1v) is 6.37. The molecule has 110 valence electrons. The number of ether oxygens (including phenoxy) is 1. The van der Waals surface area contributed by atoms with Gasteiger partial charge in [0.15, 0.2) is 0 Å². The van der Waals surface area contributed by atoms with E-state index < -0.39 is 11.0 Å². The number of carbonyl (C=O) groups excluding carboxylic acids is 1. The molecule has 2 rings (SSSR count). The predicted molar refractivity (Wildman–Crippen MR) is 74.8 cm³/mol. The van der Waals surface area contributed by atoms with Crippen LogP contribution in [-0.2, 0) is 16.0 Å². The fourth-order valence-corrected chi connectivity index (χ4v) is 2.28. The lowest BCUT2D eigenvalue weighted by Gasteiger charge is -2.15. The Morgan fingerprint density at radius 1 is 1.43 bits per heavy atom. The molecule has 0 amide bonds. The number of carbonyl (C=O) groups is 1. The van der Waals surface area contributed by atoms with Crippen LogP contribution >= 0.6 is 0 Å². The van der Waals surface area contributed by atoms with Gasteiger partial charge >= 0.3 is 0 Å². The molecule has 0 spiro atoms. The van der Waals surface area contributed by atoms with Gasteiger partial charge in [-0.1, -0.05) is 12.1 Å². The van der Waals surface area contributed by atoms with Crippen LogP contribution in [0.3, 0.4) is 0 Å². The van der Waals surface area contributed by atoms with Gasteiger partial charge in [0.2, 0.25) is 0 Å². The Hall–Kier alpha value is -2.70. The smallest absolute Gasteiger partial charge is 0.293 e. The lowest BCUT2D eigenvalue weighted by atomic mass is 9.98. The Morgan fingerprint density at radius 3 is 2.71 bits per heavy atom. The summed E-state index contributed by atoms with van der Waals surface area (Å²) in [6.45, 7) is 4.00. The van der Waals surface area contributed by atoms with Crippen molar-refractivity contribution in [1.29, 1.82) is 0 Å². The first-order chi connectivity index (χ1) is 10.0. The number of nitrogens with zero attached hydrogens (tertiary/aromatic N) is 2. The van der Waals surface area contributed by atoms with Crippen LogP contribution in [0.1, 0.15) is 28.6 Å². The van der Waals surface area contributed by atoms with Crippen molar-refractivity contribution in [3.63, 3.8) is 0 Å². The van der Waals surface area contributed by atoms with Gasteiger partial charge in [-0.3, -0.25) is 20.0 Å². The number of hydrogen-bond acceptors (Lipinski definition) is 5. The normalized spacial score (nSPS) is 11.9. The third-order valence-electron chi connectivity index (χ3n) is 3.37. The number of aromatic nitrogens is 2. The standard InChI is InChI=1S/C14H15N3O4/c1-9-12(10(2)16-15-9)7-14(21-8-18)11-5-3-4-6-13(11)17(19)20/h3-6,8,14H,7H2,1-2H3,(H,15,16). The van der Waals surface area contributed by atoms with Crippen molar-refractivity contribution in [2.45, 2.75) is 26.4 Å². The highest BCUT2D eigenvalue weighted by Crippen LogP contribution is 2.30. The number of nitrogens with one attached hydrogen (secondary N) is 1. The first kappa shape index (κ1) is 14.7. The molecular formula is C14H15N3O4. The highest BCUT2D eigenvalue weighted by atomic mass is 16.6. The van der Waals surface area contributed by atoms with Crippen LogP contribution < -0.4 is 0 Å². The summed E-state index contributed by atoms with van der Waals surface area (Å²) in [5.74, 6) is 0. The number of rotatable bonds is 6. The van der Waals surface area contributed by atoms with Gasteiger partial charge in [0.25, 0.3) is 12.2 Å². The first-order valence-electron chi connectivity index (χ1n) is 6.37. The van der Waals surface area contributed by atoms with E-state index in [-0.39, 0.29) is 5.69 Å². The lowest BCUT2D eigenvalue weighted by molar-refractivity contribution is -0.386. The Morgan fingerprint density at radius 2 is 2.14 bits per heavy atom. The summed E-state index contributed by atoms with van der Waals surface area (Å²) in [4.78, 5) is 21.4. The SMILES string of the molecule is Cc1n[nH]c(C)c1CC(OC=O)c1ccccc1[N+](=O)[O-]. The van der Waals surface area contributed by atoms with E-state index in [4.69, 9.17) is 4.74 Å². The Balaban J connectivity index is 2.40. The van der Waals surface area contributed by atoms with Crippen molar-refractivity contribution in [3.05, 3.63) is 56.9 Å². The van der Waals surface area contributed by atoms with Gasteiger partial charge in [-0.05, 0) is 25.5 Å². The summed E-state index contributed by atoms with van der Waals surface area (Å²) in [5.41, 5.74) is 2.83. The van der Waals surface area contributed by atoms with Crippen LogP contribution in [0.4, 0.5) is 5.69 Å². The number of nitro groups is 1. The molecule has 0 aliphatic heterocycles. The average molecular weight is 289 g/mol. The highest BCUT2D eigenvalue weighted by molar-refractivity contribution is 5.46. The molecule has 0 saturated carbocycles. The van der Waals surface area contributed by atoms with E-state index in [1.807, 2.05) is 13.8 Å². The van der Waals surface area contributed by atoms with E-state index in [1.54, 1.807) is 18.2 Å². The zero-order valence-electron chi connectivity index (χ0n) is 11.7. The second-order valence-corrected chi connectivity index (χ2v) is 4.65. The molecule has 1 aromatic carbocycles. The van der Waals surface area contributed by atoms with Gasteiger partial charge in [-0.15, -0.1) is 0 Å². The van der Waals surface area contributed by atoms with Gasteiger partial charge in [-0.2, -0.15) is 5.10 Å². The van der Waals surface area contributed by atoms with Crippen LogP contribution in [0.25, 0.3) is 0 Å². The van der Waals surface area contributed by atoms with E-state index in [0.29, 0.717) is 18.5 Å². The quantitative estimate of drug-likeness (QED) is 0.500. The molecule has 0 radical (unpaired) electrons. The van der Waals surface area contributed by atoms with Crippen LogP contribution in [0.5, 0.6) is 0 Å². The van der Waals surface area contributed by atoms with Crippen molar-refractivity contribution >= 4 is 12.2 Å². The second-order valence-electron chi connectivity index (χ2n) is 4.65. The highest BCUT2D eigenvalue weighted by Gasteiger charge is 2.25.